The van der Waals surface area contributed by atoms with Crippen LogP contribution in [0.4, 0.5) is 14.5 Å². The minimum atomic E-state index is -0.518. The molecule has 0 spiro atoms. The number of para-hydroxylation sites is 1. The largest absolute Gasteiger partial charge is 0.382 e. The Morgan fingerprint density at radius 1 is 1.00 bits per heavy atom. The highest BCUT2D eigenvalue weighted by Gasteiger charge is 2.21. The van der Waals surface area contributed by atoms with Gasteiger partial charge >= 0.3 is 0 Å². The fraction of sp³-hybridized carbons (Fsp3) is 0.120. The summed E-state index contributed by atoms with van der Waals surface area (Å²) in [6.07, 6.45) is 4.82. The molecule has 0 aliphatic carbocycles. The number of rotatable bonds is 5. The Morgan fingerprint density at radius 2 is 1.89 bits per heavy atom. The van der Waals surface area contributed by atoms with E-state index in [0.717, 1.165) is 33.0 Å². The topological polar surface area (TPSA) is 95.2 Å². The van der Waals surface area contributed by atoms with Crippen LogP contribution in [0.5, 0.6) is 0 Å². The Labute approximate surface area is 202 Å². The van der Waals surface area contributed by atoms with Crippen LogP contribution in [0.1, 0.15) is 13.8 Å². The maximum atomic E-state index is 15.9. The van der Waals surface area contributed by atoms with E-state index in [-0.39, 0.29) is 22.3 Å². The molecule has 0 fully saturated rings. The van der Waals surface area contributed by atoms with Crippen LogP contribution in [-0.4, -0.2) is 36.2 Å². The van der Waals surface area contributed by atoms with E-state index in [1.165, 1.54) is 6.07 Å². The number of H-pyrrole nitrogens is 2. The predicted octanol–water partition coefficient (Wildman–Crippen LogP) is 6.39. The Hall–Kier alpha value is -4.18. The van der Waals surface area contributed by atoms with Crippen molar-refractivity contribution in [3.05, 3.63) is 65.9 Å². The van der Waals surface area contributed by atoms with Crippen LogP contribution in [0.3, 0.4) is 0 Å². The molecule has 5 heterocycles. The van der Waals surface area contributed by atoms with Crippen molar-refractivity contribution in [2.24, 2.45) is 0 Å². The van der Waals surface area contributed by atoms with Gasteiger partial charge in [-0.15, -0.1) is 11.3 Å². The standard InChI is InChI=1S/C25H19F2N7S/c1-12(2)30-14-8-13(9-28-10-14)22-21(27)20-17(11-29-22)33-34-24(20)25-31-16-5-3-4-15(23(16)32-25)18-6-7-19(26)35-18/h3-12,30H,1-2H3,(H,31,32)(H,33,34). The summed E-state index contributed by atoms with van der Waals surface area (Å²) < 4.78 is 29.5. The molecule has 35 heavy (non-hydrogen) atoms. The van der Waals surface area contributed by atoms with Crippen molar-refractivity contribution in [3.8, 4) is 33.2 Å². The number of pyridine rings is 2. The number of halogens is 2. The quantitative estimate of drug-likeness (QED) is 0.262. The average Bonchev–Trinajstić information content (AvgIpc) is 3.56. The van der Waals surface area contributed by atoms with Gasteiger partial charge in [-0.1, -0.05) is 12.1 Å². The van der Waals surface area contributed by atoms with Crippen molar-refractivity contribution in [2.75, 3.05) is 5.32 Å². The summed E-state index contributed by atoms with van der Waals surface area (Å²) in [6, 6.07) is 10.8. The molecule has 0 unspecified atom stereocenters. The van der Waals surface area contributed by atoms with Crippen molar-refractivity contribution in [3.63, 3.8) is 0 Å². The van der Waals surface area contributed by atoms with Crippen LogP contribution in [0.15, 0.2) is 55.0 Å². The van der Waals surface area contributed by atoms with Crippen LogP contribution >= 0.6 is 11.3 Å². The van der Waals surface area contributed by atoms with E-state index in [9.17, 15) is 4.39 Å². The van der Waals surface area contributed by atoms with Gasteiger partial charge in [0.15, 0.2) is 16.8 Å². The third kappa shape index (κ3) is 3.71. The highest BCUT2D eigenvalue weighted by molar-refractivity contribution is 7.14. The second-order valence-corrected chi connectivity index (χ2v) is 9.47. The summed E-state index contributed by atoms with van der Waals surface area (Å²) in [5, 5.41) is 10.5. The van der Waals surface area contributed by atoms with Gasteiger partial charge in [-0.05, 0) is 38.1 Å². The molecule has 0 saturated carbocycles. The van der Waals surface area contributed by atoms with E-state index in [1.807, 2.05) is 38.1 Å². The number of hydrogen-bond donors (Lipinski definition) is 3. The van der Waals surface area contributed by atoms with Gasteiger partial charge in [0.05, 0.1) is 33.8 Å². The molecule has 10 heteroatoms. The van der Waals surface area contributed by atoms with E-state index in [2.05, 4.69) is 30.5 Å². The van der Waals surface area contributed by atoms with Crippen molar-refractivity contribution in [2.45, 2.75) is 19.9 Å². The molecule has 6 aromatic rings. The van der Waals surface area contributed by atoms with Crippen molar-refractivity contribution >= 4 is 39.0 Å². The highest BCUT2D eigenvalue weighted by atomic mass is 32.1. The predicted molar refractivity (Wildman–Crippen MR) is 134 cm³/mol. The van der Waals surface area contributed by atoms with Gasteiger partial charge in [-0.3, -0.25) is 15.1 Å². The number of fused-ring (bicyclic) bond motifs is 2. The molecular weight excluding hydrogens is 468 g/mol. The first-order valence-electron chi connectivity index (χ1n) is 11.0. The molecule has 6 rings (SSSR count). The Balaban J connectivity index is 1.49. The molecule has 1 aromatic carbocycles. The number of aromatic nitrogens is 6. The van der Waals surface area contributed by atoms with Crippen LogP contribution in [0, 0.1) is 10.9 Å². The van der Waals surface area contributed by atoms with Crippen LogP contribution in [-0.2, 0) is 0 Å². The molecule has 5 aromatic heterocycles. The molecule has 7 nitrogen and oxygen atoms in total. The summed E-state index contributed by atoms with van der Waals surface area (Å²) in [6.45, 7) is 4.03. The second-order valence-electron chi connectivity index (χ2n) is 8.43. The van der Waals surface area contributed by atoms with Crippen molar-refractivity contribution < 1.29 is 8.78 Å². The number of aromatic amines is 2. The molecule has 0 radical (unpaired) electrons. The highest BCUT2D eigenvalue weighted by Crippen LogP contribution is 2.36. The van der Waals surface area contributed by atoms with Gasteiger partial charge in [0.1, 0.15) is 11.4 Å². The molecule has 0 amide bonds. The molecule has 3 N–H and O–H groups in total. The number of anilines is 1. The van der Waals surface area contributed by atoms with Gasteiger partial charge in [0.25, 0.3) is 0 Å². The lowest BCUT2D eigenvalue weighted by atomic mass is 10.1. The monoisotopic (exact) mass is 487 g/mol. The number of imidazole rings is 1. The maximum Gasteiger partial charge on any atom is 0.176 e. The van der Waals surface area contributed by atoms with E-state index >= 15 is 4.39 Å². The van der Waals surface area contributed by atoms with E-state index in [1.54, 1.807) is 24.7 Å². The summed E-state index contributed by atoms with van der Waals surface area (Å²) in [4.78, 5) is 17.3. The Morgan fingerprint density at radius 3 is 2.69 bits per heavy atom. The summed E-state index contributed by atoms with van der Waals surface area (Å²) in [7, 11) is 0. The Kier molecular flexibility index (Phi) is 5.03. The normalized spacial score (nSPS) is 11.7. The first-order valence-corrected chi connectivity index (χ1v) is 11.8. The summed E-state index contributed by atoms with van der Waals surface area (Å²) >= 11 is 1.05. The number of thiophene rings is 1. The fourth-order valence-electron chi connectivity index (χ4n) is 4.13. The number of nitrogens with one attached hydrogen (secondary N) is 3. The molecule has 174 valence electrons. The van der Waals surface area contributed by atoms with Gasteiger partial charge in [0.2, 0.25) is 0 Å². The van der Waals surface area contributed by atoms with E-state index in [4.69, 9.17) is 4.98 Å². The summed E-state index contributed by atoms with van der Waals surface area (Å²) in [5.41, 5.74) is 4.49. The zero-order valence-electron chi connectivity index (χ0n) is 18.7. The second kappa shape index (κ2) is 8.24. The van der Waals surface area contributed by atoms with E-state index in [0.29, 0.717) is 28.1 Å². The summed E-state index contributed by atoms with van der Waals surface area (Å²) in [5.74, 6) is -0.115. The van der Waals surface area contributed by atoms with Gasteiger partial charge < -0.3 is 10.3 Å². The van der Waals surface area contributed by atoms with E-state index < -0.39 is 5.82 Å². The zero-order chi connectivity index (χ0) is 24.1. The first-order chi connectivity index (χ1) is 17.0. The lowest BCUT2D eigenvalue weighted by Gasteiger charge is -2.11. The van der Waals surface area contributed by atoms with Crippen LogP contribution < -0.4 is 5.32 Å². The minimum absolute atomic E-state index is 0.172. The van der Waals surface area contributed by atoms with Gasteiger partial charge in [-0.2, -0.15) is 9.49 Å². The van der Waals surface area contributed by atoms with Crippen molar-refractivity contribution in [1.82, 2.24) is 30.1 Å². The minimum Gasteiger partial charge on any atom is -0.382 e. The molecule has 0 aliphatic rings. The smallest absolute Gasteiger partial charge is 0.176 e. The number of benzene rings is 1. The van der Waals surface area contributed by atoms with Crippen molar-refractivity contribution in [1.29, 1.82) is 0 Å². The average molecular weight is 488 g/mol. The maximum absolute atomic E-state index is 15.9. The SMILES string of the molecule is CC(C)Nc1cncc(-c2ncc3[nH]nc(-c4nc5c(-c6ccc(F)s6)cccc5[nH]4)c3c2F)c1. The molecule has 0 bridgehead atoms. The number of hydrogen-bond acceptors (Lipinski definition) is 6. The first kappa shape index (κ1) is 21.4. The molecule has 0 saturated heterocycles. The molecular formula is C25H19F2N7S. The lowest BCUT2D eigenvalue weighted by Crippen LogP contribution is -2.09. The number of nitrogens with zero attached hydrogens (tertiary/aromatic N) is 4. The van der Waals surface area contributed by atoms with Gasteiger partial charge in [-0.25, -0.2) is 9.37 Å². The third-order valence-corrected chi connectivity index (χ3v) is 6.49. The lowest BCUT2D eigenvalue weighted by molar-refractivity contribution is 0.638. The third-order valence-electron chi connectivity index (χ3n) is 5.59. The molecule has 0 aliphatic heterocycles. The Bertz CT molecular complexity index is 1700. The fourth-order valence-corrected chi connectivity index (χ4v) is 4.89. The van der Waals surface area contributed by atoms with Gasteiger partial charge in [0, 0.05) is 34.4 Å². The van der Waals surface area contributed by atoms with Crippen LogP contribution in [0.2, 0.25) is 0 Å². The zero-order valence-corrected chi connectivity index (χ0v) is 19.5. The molecule has 0 atom stereocenters. The van der Waals surface area contributed by atoms with Crippen LogP contribution in [0.25, 0.3) is 55.2 Å².